The van der Waals surface area contributed by atoms with Gasteiger partial charge in [-0.05, 0) is 30.3 Å². The van der Waals surface area contributed by atoms with Crippen LogP contribution in [-0.4, -0.2) is 11.5 Å². The van der Waals surface area contributed by atoms with Crippen molar-refractivity contribution in [3.8, 4) is 0 Å². The smallest absolute Gasteiger partial charge is 0.00696 e. The minimum absolute atomic E-state index is 0.857. The third-order valence-corrected chi connectivity index (χ3v) is 3.69. The Morgan fingerprint density at radius 3 is 1.93 bits per heavy atom. The summed E-state index contributed by atoms with van der Waals surface area (Å²) in [5, 5.41) is 0. The van der Waals surface area contributed by atoms with E-state index in [0.29, 0.717) is 0 Å². The first kappa shape index (κ1) is 14.7. The Balaban J connectivity index is 3.04. The second-order valence-corrected chi connectivity index (χ2v) is 4.90. The van der Waals surface area contributed by atoms with Crippen LogP contribution in [-0.2, 0) is 0 Å². The quantitative estimate of drug-likeness (QED) is 0.400. The topological polar surface area (TPSA) is 0 Å². The zero-order valence-electron chi connectivity index (χ0n) is 9.54. The number of unbranched alkanes of at least 4 members (excludes halogenated alkanes) is 5. The molecule has 1 atom stereocenters. The average Bonchev–Trinajstić information content (AvgIpc) is 2.22. The summed E-state index contributed by atoms with van der Waals surface area (Å²) >= 11 is 8.57. The van der Waals surface area contributed by atoms with E-state index in [1.807, 2.05) is 0 Å². The van der Waals surface area contributed by atoms with Crippen molar-refractivity contribution in [3.05, 3.63) is 0 Å². The highest BCUT2D eigenvalue weighted by Crippen LogP contribution is 2.15. The first-order valence-corrected chi connectivity index (χ1v) is 7.33. The Labute approximate surface area is 101 Å². The zero-order chi connectivity index (χ0) is 10.6. The van der Waals surface area contributed by atoms with Gasteiger partial charge in [0.2, 0.25) is 0 Å². The maximum absolute atomic E-state index is 4.36. The van der Waals surface area contributed by atoms with Crippen LogP contribution in [0.25, 0.3) is 0 Å². The molecule has 14 heavy (non-hydrogen) atoms. The predicted molar refractivity (Wildman–Crippen MR) is 73.8 cm³/mol. The van der Waals surface area contributed by atoms with Crippen LogP contribution < -0.4 is 0 Å². The van der Waals surface area contributed by atoms with E-state index in [4.69, 9.17) is 0 Å². The molecule has 0 N–H and O–H groups in total. The predicted octanol–water partition coefficient (Wildman–Crippen LogP) is 4.60. The van der Waals surface area contributed by atoms with Gasteiger partial charge in [-0.15, -0.1) is 0 Å². The first-order valence-electron chi connectivity index (χ1n) is 6.06. The fourth-order valence-electron chi connectivity index (χ4n) is 1.68. The van der Waals surface area contributed by atoms with Crippen LogP contribution in [0.15, 0.2) is 0 Å². The average molecular weight is 234 g/mol. The molecule has 1 unspecified atom stereocenters. The second-order valence-electron chi connectivity index (χ2n) is 4.09. The van der Waals surface area contributed by atoms with E-state index in [2.05, 4.69) is 32.2 Å². The summed E-state index contributed by atoms with van der Waals surface area (Å²) in [5.74, 6) is 2.98. The summed E-state index contributed by atoms with van der Waals surface area (Å²) < 4.78 is 0. The van der Waals surface area contributed by atoms with Crippen molar-refractivity contribution in [1.82, 2.24) is 0 Å². The van der Waals surface area contributed by atoms with Gasteiger partial charge in [-0.3, -0.25) is 0 Å². The maximum atomic E-state index is 4.36. The Kier molecular flexibility index (Phi) is 12.4. The van der Waals surface area contributed by atoms with Crippen molar-refractivity contribution >= 4 is 25.3 Å². The molecule has 0 radical (unpaired) electrons. The molecule has 0 aromatic heterocycles. The highest BCUT2D eigenvalue weighted by atomic mass is 32.1. The van der Waals surface area contributed by atoms with Crippen LogP contribution in [0.5, 0.6) is 0 Å². The van der Waals surface area contributed by atoms with Crippen LogP contribution in [0.2, 0.25) is 0 Å². The normalized spacial score (nSPS) is 13.1. The van der Waals surface area contributed by atoms with Gasteiger partial charge >= 0.3 is 0 Å². The Bertz CT molecular complexity index is 100. The van der Waals surface area contributed by atoms with E-state index in [1.165, 1.54) is 51.4 Å². The SMILES string of the molecule is CCC(CS)CCCCCCCCS. The van der Waals surface area contributed by atoms with Crippen LogP contribution in [0.3, 0.4) is 0 Å². The molecular weight excluding hydrogens is 208 g/mol. The molecule has 0 saturated heterocycles. The van der Waals surface area contributed by atoms with Crippen molar-refractivity contribution in [2.75, 3.05) is 11.5 Å². The number of hydrogen-bond acceptors (Lipinski definition) is 2. The minimum atomic E-state index is 0.857. The summed E-state index contributed by atoms with van der Waals surface area (Å²) in [5.41, 5.74) is 0. The lowest BCUT2D eigenvalue weighted by atomic mass is 10.00. The molecular formula is C12H26S2. The third-order valence-electron chi connectivity index (χ3n) is 2.86. The molecule has 0 fully saturated rings. The van der Waals surface area contributed by atoms with Crippen LogP contribution in [0, 0.1) is 5.92 Å². The number of rotatable bonds is 10. The molecule has 86 valence electrons. The highest BCUT2D eigenvalue weighted by molar-refractivity contribution is 7.80. The van der Waals surface area contributed by atoms with Crippen molar-refractivity contribution in [3.63, 3.8) is 0 Å². The van der Waals surface area contributed by atoms with Crippen molar-refractivity contribution in [1.29, 1.82) is 0 Å². The first-order chi connectivity index (χ1) is 6.85. The molecule has 0 bridgehead atoms. The van der Waals surface area contributed by atoms with Gasteiger partial charge in [0.15, 0.2) is 0 Å². The molecule has 0 aromatic carbocycles. The molecule has 0 heterocycles. The van der Waals surface area contributed by atoms with Gasteiger partial charge in [-0.2, -0.15) is 25.3 Å². The van der Waals surface area contributed by atoms with Gasteiger partial charge < -0.3 is 0 Å². The van der Waals surface area contributed by atoms with E-state index >= 15 is 0 Å². The lowest BCUT2D eigenvalue weighted by molar-refractivity contribution is 0.479. The summed E-state index contributed by atoms with van der Waals surface area (Å²) in [6, 6.07) is 0. The minimum Gasteiger partial charge on any atom is -0.179 e. The van der Waals surface area contributed by atoms with Gasteiger partial charge in [0.05, 0.1) is 0 Å². The van der Waals surface area contributed by atoms with Gasteiger partial charge in [-0.25, -0.2) is 0 Å². The van der Waals surface area contributed by atoms with E-state index in [-0.39, 0.29) is 0 Å². The summed E-state index contributed by atoms with van der Waals surface area (Å²) in [7, 11) is 0. The summed E-state index contributed by atoms with van der Waals surface area (Å²) in [6.07, 6.45) is 11.0. The standard InChI is InChI=1S/C12H26S2/c1-2-12(11-14)9-7-5-3-4-6-8-10-13/h12-14H,2-11H2,1H3. The largest absolute Gasteiger partial charge is 0.179 e. The maximum Gasteiger partial charge on any atom is -0.00696 e. The molecule has 0 aliphatic rings. The van der Waals surface area contributed by atoms with E-state index in [1.54, 1.807) is 0 Å². The van der Waals surface area contributed by atoms with E-state index in [0.717, 1.165) is 17.4 Å². The highest BCUT2D eigenvalue weighted by Gasteiger charge is 2.02. The van der Waals surface area contributed by atoms with E-state index < -0.39 is 0 Å². The fourth-order valence-corrected chi connectivity index (χ4v) is 2.34. The summed E-state index contributed by atoms with van der Waals surface area (Å²) in [6.45, 7) is 2.27. The third kappa shape index (κ3) is 9.26. The Morgan fingerprint density at radius 1 is 0.857 bits per heavy atom. The van der Waals surface area contributed by atoms with Crippen LogP contribution in [0.4, 0.5) is 0 Å². The molecule has 0 rings (SSSR count). The number of hydrogen-bond donors (Lipinski definition) is 2. The summed E-state index contributed by atoms with van der Waals surface area (Å²) in [4.78, 5) is 0. The van der Waals surface area contributed by atoms with E-state index in [9.17, 15) is 0 Å². The van der Waals surface area contributed by atoms with Crippen molar-refractivity contribution in [2.45, 2.75) is 58.3 Å². The molecule has 0 aromatic rings. The molecule has 0 aliphatic heterocycles. The molecule has 2 heteroatoms. The van der Waals surface area contributed by atoms with Crippen LogP contribution in [0.1, 0.15) is 58.3 Å². The zero-order valence-corrected chi connectivity index (χ0v) is 11.3. The molecule has 0 aliphatic carbocycles. The van der Waals surface area contributed by atoms with Gasteiger partial charge in [-0.1, -0.05) is 45.4 Å². The lowest BCUT2D eigenvalue weighted by Gasteiger charge is -2.10. The Hall–Kier alpha value is 0.700. The monoisotopic (exact) mass is 234 g/mol. The van der Waals surface area contributed by atoms with Gasteiger partial charge in [0.1, 0.15) is 0 Å². The molecule has 0 spiro atoms. The van der Waals surface area contributed by atoms with Gasteiger partial charge in [0.25, 0.3) is 0 Å². The molecule has 0 saturated carbocycles. The van der Waals surface area contributed by atoms with Crippen molar-refractivity contribution in [2.24, 2.45) is 5.92 Å². The lowest BCUT2D eigenvalue weighted by Crippen LogP contribution is -1.99. The van der Waals surface area contributed by atoms with Crippen LogP contribution >= 0.6 is 25.3 Å². The second kappa shape index (κ2) is 11.8. The number of thiol groups is 2. The molecule has 0 nitrogen and oxygen atoms in total. The molecule has 0 amide bonds. The fraction of sp³-hybridized carbons (Fsp3) is 1.00. The Morgan fingerprint density at radius 2 is 1.43 bits per heavy atom. The van der Waals surface area contributed by atoms with Gasteiger partial charge in [0, 0.05) is 0 Å². The van der Waals surface area contributed by atoms with Crippen molar-refractivity contribution < 1.29 is 0 Å².